The van der Waals surface area contributed by atoms with Crippen LogP contribution in [0.1, 0.15) is 17.5 Å². The topological polar surface area (TPSA) is 101 Å². The summed E-state index contributed by atoms with van der Waals surface area (Å²) in [5.41, 5.74) is 4.54. The molecule has 9 nitrogen and oxygen atoms in total. The van der Waals surface area contributed by atoms with Gasteiger partial charge in [0.1, 0.15) is 23.3 Å². The number of carbonyl (C=O) groups is 1. The number of hydrogen-bond acceptors (Lipinski definition) is 7. The van der Waals surface area contributed by atoms with Gasteiger partial charge in [-0.2, -0.15) is 10.4 Å². The minimum Gasteiger partial charge on any atom is -0.378 e. The molecule has 3 fully saturated rings. The third kappa shape index (κ3) is 3.60. The van der Waals surface area contributed by atoms with E-state index >= 15 is 0 Å². The Hall–Kier alpha value is -3.90. The lowest BCUT2D eigenvalue weighted by molar-refractivity contribution is -0.136. The number of pyridine rings is 1. The molecule has 0 radical (unpaired) electrons. The van der Waals surface area contributed by atoms with Crippen molar-refractivity contribution in [1.82, 2.24) is 20.1 Å². The van der Waals surface area contributed by atoms with Gasteiger partial charge in [0.05, 0.1) is 24.9 Å². The summed E-state index contributed by atoms with van der Waals surface area (Å²) in [5.74, 6) is 1.57. The van der Waals surface area contributed by atoms with Crippen molar-refractivity contribution in [1.29, 1.82) is 5.26 Å². The lowest BCUT2D eigenvalue weighted by Gasteiger charge is -2.47. The highest BCUT2D eigenvalue weighted by Crippen LogP contribution is 2.44. The Balaban J connectivity index is 1.45. The van der Waals surface area contributed by atoms with Crippen LogP contribution in [0.25, 0.3) is 22.0 Å². The number of rotatable bonds is 4. The number of fused-ring (bicyclic) bond motifs is 1. The van der Waals surface area contributed by atoms with E-state index in [2.05, 4.69) is 51.7 Å². The number of ether oxygens (including phenoxy) is 1. The van der Waals surface area contributed by atoms with Gasteiger partial charge in [0.25, 0.3) is 0 Å². The molecule has 2 aromatic heterocycles. The van der Waals surface area contributed by atoms with E-state index in [4.69, 9.17) is 9.72 Å². The molecular weight excluding hydrogens is 454 g/mol. The first-order valence-corrected chi connectivity index (χ1v) is 12.4. The minimum atomic E-state index is -0.0183. The Bertz CT molecular complexity index is 1390. The third-order valence-corrected chi connectivity index (χ3v) is 7.81. The number of morpholine rings is 1. The molecule has 184 valence electrons. The number of carbonyl (C=O) groups excluding carboxylic acids is 1. The Labute approximate surface area is 210 Å². The fraction of sp³-hybridized carbons (Fsp3) is 0.407. The molecule has 3 saturated heterocycles. The molecule has 1 spiro atoms. The van der Waals surface area contributed by atoms with E-state index in [-0.39, 0.29) is 11.3 Å². The summed E-state index contributed by atoms with van der Waals surface area (Å²) in [4.78, 5) is 23.4. The van der Waals surface area contributed by atoms with Crippen molar-refractivity contribution in [2.24, 2.45) is 5.41 Å². The maximum Gasteiger partial charge on any atom is 0.245 e. The van der Waals surface area contributed by atoms with Crippen molar-refractivity contribution in [3.63, 3.8) is 0 Å². The van der Waals surface area contributed by atoms with Crippen molar-refractivity contribution in [3.05, 3.63) is 48.2 Å². The molecule has 0 atom stereocenters. The molecule has 3 aromatic rings. The van der Waals surface area contributed by atoms with Gasteiger partial charge >= 0.3 is 0 Å². The van der Waals surface area contributed by atoms with Gasteiger partial charge in [0, 0.05) is 55.6 Å². The van der Waals surface area contributed by atoms with Gasteiger partial charge in [-0.15, -0.1) is 0 Å². The van der Waals surface area contributed by atoms with E-state index in [0.29, 0.717) is 18.8 Å². The zero-order valence-corrected chi connectivity index (χ0v) is 20.5. The maximum absolute atomic E-state index is 12.0. The SMILES string of the molecule is C=CC(=O)N1CC2(CCN(c3nc(N4CCOCC4)cc(-c4c(C)ccc5[nH]ncc45)c3C#N)C2)C1. The fourth-order valence-corrected chi connectivity index (χ4v) is 5.92. The molecule has 36 heavy (non-hydrogen) atoms. The molecule has 3 aliphatic heterocycles. The van der Waals surface area contributed by atoms with Crippen molar-refractivity contribution in [3.8, 4) is 17.2 Å². The number of H-pyrrole nitrogens is 1. The van der Waals surface area contributed by atoms with Crippen LogP contribution in [0.15, 0.2) is 37.1 Å². The summed E-state index contributed by atoms with van der Waals surface area (Å²) in [6.45, 7) is 11.5. The van der Waals surface area contributed by atoms with Crippen molar-refractivity contribution in [2.45, 2.75) is 13.3 Å². The molecule has 1 aromatic carbocycles. The molecule has 0 bridgehead atoms. The highest BCUT2D eigenvalue weighted by Gasteiger charge is 2.49. The number of nitrogens with one attached hydrogen (secondary N) is 1. The monoisotopic (exact) mass is 483 g/mol. The summed E-state index contributed by atoms with van der Waals surface area (Å²) in [7, 11) is 0. The minimum absolute atomic E-state index is 0.0183. The Kier molecular flexibility index (Phi) is 5.41. The number of anilines is 2. The van der Waals surface area contributed by atoms with Crippen LogP contribution < -0.4 is 9.80 Å². The van der Waals surface area contributed by atoms with E-state index in [9.17, 15) is 10.1 Å². The second-order valence-electron chi connectivity index (χ2n) is 10.1. The van der Waals surface area contributed by atoms with Gasteiger partial charge < -0.3 is 19.4 Å². The molecular formula is C27H29N7O2. The molecule has 5 heterocycles. The number of aryl methyl sites for hydroxylation is 1. The fourth-order valence-electron chi connectivity index (χ4n) is 5.92. The quantitative estimate of drug-likeness (QED) is 0.570. The predicted octanol–water partition coefficient (Wildman–Crippen LogP) is 2.87. The lowest BCUT2D eigenvalue weighted by Crippen LogP contribution is -2.59. The molecule has 0 saturated carbocycles. The Morgan fingerprint density at radius 2 is 2.03 bits per heavy atom. The summed E-state index contributed by atoms with van der Waals surface area (Å²) in [5, 5.41) is 18.8. The molecule has 0 aliphatic carbocycles. The standard InChI is InChI=1S/C27H29N7O2/c1-3-24(35)34-16-27(17-34)6-7-33(15-27)26-20(13-28)19(12-23(30-26)32-8-10-36-11-9-32)25-18(2)4-5-22-21(25)14-29-31-22/h3-5,12,14H,1,6-11,15-17H2,2H3,(H,29,31). The number of benzene rings is 1. The zero-order chi connectivity index (χ0) is 24.9. The lowest BCUT2D eigenvalue weighted by atomic mass is 9.79. The predicted molar refractivity (Wildman–Crippen MR) is 138 cm³/mol. The highest BCUT2D eigenvalue weighted by molar-refractivity contribution is 5.99. The first-order valence-electron chi connectivity index (χ1n) is 12.4. The molecule has 1 amide bonds. The third-order valence-electron chi connectivity index (χ3n) is 7.81. The molecule has 0 unspecified atom stereocenters. The van der Waals surface area contributed by atoms with Crippen LogP contribution in [0.2, 0.25) is 0 Å². The zero-order valence-electron chi connectivity index (χ0n) is 20.5. The Morgan fingerprint density at radius 3 is 2.78 bits per heavy atom. The van der Waals surface area contributed by atoms with Crippen molar-refractivity contribution >= 4 is 28.4 Å². The van der Waals surface area contributed by atoms with Crippen LogP contribution in [0, 0.1) is 23.7 Å². The second kappa shape index (κ2) is 8.64. The van der Waals surface area contributed by atoms with E-state index < -0.39 is 0 Å². The van der Waals surface area contributed by atoms with Crippen molar-refractivity contribution < 1.29 is 9.53 Å². The Morgan fingerprint density at radius 1 is 1.22 bits per heavy atom. The molecule has 1 N–H and O–H groups in total. The normalized spacial score (nSPS) is 18.9. The maximum atomic E-state index is 12.0. The molecule has 3 aliphatic rings. The molecule has 6 rings (SSSR count). The van der Waals surface area contributed by atoms with Gasteiger partial charge in [0.15, 0.2) is 0 Å². The summed E-state index contributed by atoms with van der Waals surface area (Å²) >= 11 is 0. The highest BCUT2D eigenvalue weighted by atomic mass is 16.5. The van der Waals surface area contributed by atoms with Crippen LogP contribution in [0.3, 0.4) is 0 Å². The van der Waals surface area contributed by atoms with Crippen molar-refractivity contribution in [2.75, 3.05) is 62.3 Å². The average Bonchev–Trinajstić information content (AvgIpc) is 3.55. The van der Waals surface area contributed by atoms with Crippen LogP contribution >= 0.6 is 0 Å². The van der Waals surface area contributed by atoms with Crippen LogP contribution in [-0.2, 0) is 9.53 Å². The van der Waals surface area contributed by atoms with E-state index in [0.717, 1.165) is 84.9 Å². The summed E-state index contributed by atoms with van der Waals surface area (Å²) in [6.07, 6.45) is 4.18. The van der Waals surface area contributed by atoms with Crippen LogP contribution in [0.4, 0.5) is 11.6 Å². The number of likely N-dealkylation sites (tertiary alicyclic amines) is 1. The largest absolute Gasteiger partial charge is 0.378 e. The van der Waals surface area contributed by atoms with Gasteiger partial charge in [0.2, 0.25) is 5.91 Å². The number of aromatic nitrogens is 3. The average molecular weight is 484 g/mol. The summed E-state index contributed by atoms with van der Waals surface area (Å²) in [6, 6.07) is 8.64. The number of nitriles is 1. The number of aromatic amines is 1. The summed E-state index contributed by atoms with van der Waals surface area (Å²) < 4.78 is 5.58. The smallest absolute Gasteiger partial charge is 0.245 e. The second-order valence-corrected chi connectivity index (χ2v) is 10.1. The van der Waals surface area contributed by atoms with E-state index in [1.54, 1.807) is 0 Å². The molecule has 9 heteroatoms. The number of amides is 1. The van der Waals surface area contributed by atoms with Gasteiger partial charge in [-0.1, -0.05) is 12.6 Å². The van der Waals surface area contributed by atoms with Crippen LogP contribution in [-0.4, -0.2) is 78.5 Å². The van der Waals surface area contributed by atoms with Gasteiger partial charge in [-0.25, -0.2) is 4.98 Å². The van der Waals surface area contributed by atoms with Gasteiger partial charge in [-0.3, -0.25) is 9.89 Å². The first kappa shape index (κ1) is 22.6. The number of hydrogen-bond donors (Lipinski definition) is 1. The van der Waals surface area contributed by atoms with Gasteiger partial charge in [-0.05, 0) is 42.7 Å². The van der Waals surface area contributed by atoms with Crippen LogP contribution in [0.5, 0.6) is 0 Å². The van der Waals surface area contributed by atoms with E-state index in [1.165, 1.54) is 6.08 Å². The number of nitrogens with zero attached hydrogens (tertiary/aromatic N) is 6. The van der Waals surface area contributed by atoms with E-state index in [1.807, 2.05) is 17.2 Å². The first-order chi connectivity index (χ1) is 17.5.